The first-order chi connectivity index (χ1) is 4.36. The summed E-state index contributed by atoms with van der Waals surface area (Å²) >= 11 is 0. The zero-order valence-electron chi connectivity index (χ0n) is 5.93. The minimum atomic E-state index is 0.384. The predicted molar refractivity (Wildman–Crippen MR) is 36.7 cm³/mol. The molecule has 2 atom stereocenters. The van der Waals surface area contributed by atoms with Crippen LogP contribution in [0, 0.1) is 23.2 Å². The lowest BCUT2D eigenvalue weighted by Gasteiger charge is -2.01. The van der Waals surface area contributed by atoms with Gasteiger partial charge in [0, 0.05) is 5.92 Å². The Balaban J connectivity index is 2.31. The van der Waals surface area contributed by atoms with Gasteiger partial charge in [-0.2, -0.15) is 5.26 Å². The highest BCUT2D eigenvalue weighted by Gasteiger charge is 2.22. The Morgan fingerprint density at radius 2 is 2.33 bits per heavy atom. The van der Waals surface area contributed by atoms with Crippen molar-refractivity contribution in [3.63, 3.8) is 0 Å². The highest BCUT2D eigenvalue weighted by molar-refractivity contribution is 4.89. The molecule has 1 aliphatic carbocycles. The van der Waals surface area contributed by atoms with Crippen LogP contribution in [0.3, 0.4) is 0 Å². The van der Waals surface area contributed by atoms with Crippen molar-refractivity contribution in [1.82, 2.24) is 0 Å². The molecule has 50 valence electrons. The van der Waals surface area contributed by atoms with Crippen LogP contribution in [-0.2, 0) is 0 Å². The molecule has 1 heteroatoms. The molecule has 1 rings (SSSR count). The highest BCUT2D eigenvalue weighted by atomic mass is 14.3. The number of nitrogens with zero attached hydrogens (tertiary/aromatic N) is 1. The van der Waals surface area contributed by atoms with Gasteiger partial charge in [-0.1, -0.05) is 13.3 Å². The molecule has 0 aromatic rings. The average Bonchev–Trinajstić information content (AvgIpc) is 2.34. The third-order valence-corrected chi connectivity index (χ3v) is 2.30. The standard InChI is InChI=1S/C8H13N/c1-2-7-3-4-8(5-7)6-9/h7-8H,2-5H2,1H3/t7-,8-/m1/s1. The molecule has 0 saturated heterocycles. The first-order valence-electron chi connectivity index (χ1n) is 3.76. The Labute approximate surface area is 56.7 Å². The zero-order valence-corrected chi connectivity index (χ0v) is 5.93. The van der Waals surface area contributed by atoms with Gasteiger partial charge in [-0.25, -0.2) is 0 Å². The van der Waals surface area contributed by atoms with Gasteiger partial charge in [0.05, 0.1) is 6.07 Å². The van der Waals surface area contributed by atoms with Crippen molar-refractivity contribution in [2.75, 3.05) is 0 Å². The first kappa shape index (κ1) is 6.61. The van der Waals surface area contributed by atoms with Gasteiger partial charge in [0.2, 0.25) is 0 Å². The molecule has 0 amide bonds. The summed E-state index contributed by atoms with van der Waals surface area (Å²) in [6, 6.07) is 2.33. The van der Waals surface area contributed by atoms with E-state index in [2.05, 4.69) is 13.0 Å². The third kappa shape index (κ3) is 1.45. The van der Waals surface area contributed by atoms with Crippen molar-refractivity contribution < 1.29 is 0 Å². The predicted octanol–water partition coefficient (Wildman–Crippen LogP) is 2.34. The SMILES string of the molecule is CC[C@@H]1CC[C@@H](C#N)C1. The quantitative estimate of drug-likeness (QED) is 0.525. The van der Waals surface area contributed by atoms with E-state index in [0.29, 0.717) is 5.92 Å². The highest BCUT2D eigenvalue weighted by Crippen LogP contribution is 2.31. The lowest BCUT2D eigenvalue weighted by atomic mass is 10.0. The minimum Gasteiger partial charge on any atom is -0.198 e. The van der Waals surface area contributed by atoms with Crippen molar-refractivity contribution in [1.29, 1.82) is 5.26 Å². The van der Waals surface area contributed by atoms with Gasteiger partial charge in [-0.3, -0.25) is 0 Å². The Morgan fingerprint density at radius 3 is 2.67 bits per heavy atom. The maximum atomic E-state index is 8.53. The van der Waals surface area contributed by atoms with E-state index >= 15 is 0 Å². The number of rotatable bonds is 1. The Kier molecular flexibility index (Phi) is 2.10. The molecular weight excluding hydrogens is 110 g/mol. The molecule has 1 nitrogen and oxygen atoms in total. The van der Waals surface area contributed by atoms with Crippen molar-refractivity contribution in [2.24, 2.45) is 11.8 Å². The van der Waals surface area contributed by atoms with Crippen LogP contribution in [0.5, 0.6) is 0 Å². The second-order valence-electron chi connectivity index (χ2n) is 2.91. The molecule has 0 bridgehead atoms. The van der Waals surface area contributed by atoms with Gasteiger partial charge in [0.1, 0.15) is 0 Å². The Bertz CT molecular complexity index is 123. The summed E-state index contributed by atoms with van der Waals surface area (Å²) < 4.78 is 0. The molecule has 1 saturated carbocycles. The molecule has 1 fully saturated rings. The lowest BCUT2D eigenvalue weighted by molar-refractivity contribution is 0.517. The van der Waals surface area contributed by atoms with Gasteiger partial charge in [0.25, 0.3) is 0 Å². The van der Waals surface area contributed by atoms with E-state index in [9.17, 15) is 0 Å². The van der Waals surface area contributed by atoms with E-state index in [1.54, 1.807) is 0 Å². The van der Waals surface area contributed by atoms with E-state index in [-0.39, 0.29) is 0 Å². The fourth-order valence-corrected chi connectivity index (χ4v) is 1.56. The Morgan fingerprint density at radius 1 is 1.56 bits per heavy atom. The molecule has 0 spiro atoms. The fraction of sp³-hybridized carbons (Fsp3) is 0.875. The summed E-state index contributed by atoms with van der Waals surface area (Å²) in [6.07, 6.45) is 4.86. The monoisotopic (exact) mass is 123 g/mol. The molecule has 0 aromatic carbocycles. The van der Waals surface area contributed by atoms with Gasteiger partial charge in [0.15, 0.2) is 0 Å². The topological polar surface area (TPSA) is 23.8 Å². The van der Waals surface area contributed by atoms with Crippen molar-refractivity contribution in [3.8, 4) is 6.07 Å². The summed E-state index contributed by atoms with van der Waals surface area (Å²) in [7, 11) is 0. The van der Waals surface area contributed by atoms with E-state index < -0.39 is 0 Å². The van der Waals surface area contributed by atoms with Crippen LogP contribution >= 0.6 is 0 Å². The lowest BCUT2D eigenvalue weighted by Crippen LogP contribution is -1.91. The summed E-state index contributed by atoms with van der Waals surface area (Å²) in [5.41, 5.74) is 0. The molecule has 9 heavy (non-hydrogen) atoms. The molecule has 0 aromatic heterocycles. The first-order valence-corrected chi connectivity index (χ1v) is 3.76. The summed E-state index contributed by atoms with van der Waals surface area (Å²) in [5.74, 6) is 1.24. The molecule has 0 unspecified atom stereocenters. The van der Waals surface area contributed by atoms with Gasteiger partial charge in [-0.15, -0.1) is 0 Å². The van der Waals surface area contributed by atoms with Crippen LogP contribution in [0.2, 0.25) is 0 Å². The molecule has 1 aliphatic rings. The van der Waals surface area contributed by atoms with E-state index in [0.717, 1.165) is 18.8 Å². The van der Waals surface area contributed by atoms with Crippen molar-refractivity contribution in [2.45, 2.75) is 32.6 Å². The van der Waals surface area contributed by atoms with Crippen LogP contribution in [0.1, 0.15) is 32.6 Å². The van der Waals surface area contributed by atoms with Crippen LogP contribution < -0.4 is 0 Å². The molecule has 0 heterocycles. The number of nitriles is 1. The minimum absolute atomic E-state index is 0.384. The van der Waals surface area contributed by atoms with E-state index in [4.69, 9.17) is 5.26 Å². The second-order valence-corrected chi connectivity index (χ2v) is 2.91. The smallest absolute Gasteiger partial charge is 0.0655 e. The summed E-state index contributed by atoms with van der Waals surface area (Å²) in [5, 5.41) is 8.53. The van der Waals surface area contributed by atoms with Crippen molar-refractivity contribution in [3.05, 3.63) is 0 Å². The van der Waals surface area contributed by atoms with Crippen LogP contribution in [0.4, 0.5) is 0 Å². The zero-order chi connectivity index (χ0) is 6.69. The van der Waals surface area contributed by atoms with Crippen molar-refractivity contribution >= 4 is 0 Å². The molecular formula is C8H13N. The maximum Gasteiger partial charge on any atom is 0.0655 e. The maximum absolute atomic E-state index is 8.53. The summed E-state index contributed by atoms with van der Waals surface area (Å²) in [6.45, 7) is 2.21. The van der Waals surface area contributed by atoms with Gasteiger partial charge in [-0.05, 0) is 25.2 Å². The number of hydrogen-bond donors (Lipinski definition) is 0. The Hall–Kier alpha value is -0.510. The normalized spacial score (nSPS) is 34.2. The fourth-order valence-electron chi connectivity index (χ4n) is 1.56. The summed E-state index contributed by atoms with van der Waals surface area (Å²) in [4.78, 5) is 0. The molecule has 0 N–H and O–H groups in total. The van der Waals surface area contributed by atoms with E-state index in [1.807, 2.05) is 0 Å². The van der Waals surface area contributed by atoms with Crippen LogP contribution in [0.15, 0.2) is 0 Å². The molecule has 0 aliphatic heterocycles. The largest absolute Gasteiger partial charge is 0.198 e. The van der Waals surface area contributed by atoms with Crippen LogP contribution in [-0.4, -0.2) is 0 Å². The van der Waals surface area contributed by atoms with Gasteiger partial charge >= 0.3 is 0 Å². The third-order valence-electron chi connectivity index (χ3n) is 2.30. The number of hydrogen-bond acceptors (Lipinski definition) is 1. The second kappa shape index (κ2) is 2.87. The van der Waals surface area contributed by atoms with E-state index in [1.165, 1.54) is 12.8 Å². The average molecular weight is 123 g/mol. The van der Waals surface area contributed by atoms with Crippen LogP contribution in [0.25, 0.3) is 0 Å². The molecule has 0 radical (unpaired) electrons. The van der Waals surface area contributed by atoms with Gasteiger partial charge < -0.3 is 0 Å².